The Labute approximate surface area is 173 Å². The number of nitrogens with one attached hydrogen (secondary N) is 1. The molecular weight excluding hydrogens is 386 g/mol. The number of hydrogen-bond donors (Lipinski definition) is 1. The Balaban J connectivity index is 1.44. The van der Waals surface area contributed by atoms with Gasteiger partial charge in [-0.3, -0.25) is 9.59 Å². The molecule has 1 aliphatic heterocycles. The Bertz CT molecular complexity index is 1030. The minimum absolute atomic E-state index is 0.00663. The first-order valence-corrected chi connectivity index (χ1v) is 10.6. The Morgan fingerprint density at radius 1 is 1.31 bits per heavy atom. The molecule has 2 atom stereocenters. The number of carbonyl (C=O) groups excluding carboxylic acids is 2. The van der Waals surface area contributed by atoms with Crippen LogP contribution in [0.5, 0.6) is 5.75 Å². The number of likely N-dealkylation sites (tertiary alicyclic amines) is 1. The van der Waals surface area contributed by atoms with E-state index < -0.39 is 0 Å². The molecule has 0 saturated carbocycles. The van der Waals surface area contributed by atoms with Gasteiger partial charge in [0.25, 0.3) is 0 Å². The number of aromatic nitrogens is 1. The standard InChI is InChI=1S/C22H23N3O3S/c1-3-28-17-9-10-18-19(12-17)29-22(23-18)24-21(27)16-11-20(26)25(13-16)14(2)15-7-5-4-6-8-15/h4-10,12,14,16H,3,11,13H2,1-2H3,(H,23,24,27). The van der Waals surface area contributed by atoms with Gasteiger partial charge in [-0.25, -0.2) is 4.98 Å². The van der Waals surface area contributed by atoms with Crippen molar-refractivity contribution >= 4 is 38.5 Å². The Hall–Kier alpha value is -2.93. The molecule has 1 aliphatic rings. The SMILES string of the molecule is CCOc1ccc2nc(NC(=O)C3CC(=O)N(C(C)c4ccccc4)C3)sc2c1. The number of hydrogen-bond acceptors (Lipinski definition) is 5. The lowest BCUT2D eigenvalue weighted by Gasteiger charge is -2.25. The molecule has 2 heterocycles. The molecule has 2 amide bonds. The van der Waals surface area contributed by atoms with Crippen LogP contribution in [-0.4, -0.2) is 34.8 Å². The third-order valence-electron chi connectivity index (χ3n) is 5.18. The van der Waals surface area contributed by atoms with Crippen molar-refractivity contribution in [2.75, 3.05) is 18.5 Å². The molecule has 0 aliphatic carbocycles. The van der Waals surface area contributed by atoms with E-state index in [9.17, 15) is 9.59 Å². The minimum Gasteiger partial charge on any atom is -0.494 e. The van der Waals surface area contributed by atoms with Crippen LogP contribution in [0, 0.1) is 5.92 Å². The minimum atomic E-state index is -0.375. The molecule has 2 unspecified atom stereocenters. The second kappa shape index (κ2) is 8.21. The second-order valence-electron chi connectivity index (χ2n) is 7.10. The van der Waals surface area contributed by atoms with Crippen molar-refractivity contribution in [2.45, 2.75) is 26.3 Å². The van der Waals surface area contributed by atoms with E-state index in [0.29, 0.717) is 18.3 Å². The summed E-state index contributed by atoms with van der Waals surface area (Å²) in [6.07, 6.45) is 0.225. The topological polar surface area (TPSA) is 71.5 Å². The van der Waals surface area contributed by atoms with Crippen LogP contribution in [-0.2, 0) is 9.59 Å². The van der Waals surface area contributed by atoms with Gasteiger partial charge in [0, 0.05) is 13.0 Å². The molecule has 0 spiro atoms. The van der Waals surface area contributed by atoms with Gasteiger partial charge in [0.05, 0.1) is 28.8 Å². The summed E-state index contributed by atoms with van der Waals surface area (Å²) in [5.41, 5.74) is 1.88. The van der Waals surface area contributed by atoms with Crippen LogP contribution in [0.2, 0.25) is 0 Å². The molecule has 4 rings (SSSR count). The van der Waals surface area contributed by atoms with E-state index in [2.05, 4.69) is 10.3 Å². The van der Waals surface area contributed by atoms with Gasteiger partial charge < -0.3 is 15.0 Å². The number of benzene rings is 2. The predicted octanol–water partition coefficient (Wildman–Crippen LogP) is 4.24. The molecule has 3 aromatic rings. The van der Waals surface area contributed by atoms with Crippen molar-refractivity contribution in [3.8, 4) is 5.75 Å². The van der Waals surface area contributed by atoms with Crippen molar-refractivity contribution in [3.63, 3.8) is 0 Å². The van der Waals surface area contributed by atoms with Crippen LogP contribution in [0.1, 0.15) is 31.9 Å². The van der Waals surface area contributed by atoms with Crippen LogP contribution in [0.25, 0.3) is 10.2 Å². The monoisotopic (exact) mass is 409 g/mol. The van der Waals surface area contributed by atoms with Gasteiger partial charge in [-0.15, -0.1) is 0 Å². The van der Waals surface area contributed by atoms with E-state index >= 15 is 0 Å². The van der Waals surface area contributed by atoms with Gasteiger partial charge in [0.2, 0.25) is 11.8 Å². The van der Waals surface area contributed by atoms with E-state index in [1.165, 1.54) is 11.3 Å². The summed E-state index contributed by atoms with van der Waals surface area (Å²) in [5.74, 6) is 0.255. The average molecular weight is 410 g/mol. The molecule has 1 aromatic heterocycles. The smallest absolute Gasteiger partial charge is 0.231 e. The van der Waals surface area contributed by atoms with Crippen LogP contribution in [0.3, 0.4) is 0 Å². The van der Waals surface area contributed by atoms with E-state index in [1.54, 1.807) is 4.90 Å². The first-order valence-electron chi connectivity index (χ1n) is 9.74. The number of carbonyl (C=O) groups is 2. The van der Waals surface area contributed by atoms with Gasteiger partial charge in [-0.1, -0.05) is 41.7 Å². The number of amides is 2. The van der Waals surface area contributed by atoms with Crippen molar-refractivity contribution in [1.29, 1.82) is 0 Å². The molecule has 2 aromatic carbocycles. The van der Waals surface area contributed by atoms with Gasteiger partial charge in [0.15, 0.2) is 5.13 Å². The quantitative estimate of drug-likeness (QED) is 0.661. The third kappa shape index (κ3) is 4.10. The highest BCUT2D eigenvalue weighted by atomic mass is 32.1. The van der Waals surface area contributed by atoms with E-state index in [4.69, 9.17) is 4.74 Å². The van der Waals surface area contributed by atoms with Crippen molar-refractivity contribution < 1.29 is 14.3 Å². The van der Waals surface area contributed by atoms with E-state index in [0.717, 1.165) is 21.5 Å². The summed E-state index contributed by atoms with van der Waals surface area (Å²) >= 11 is 1.41. The lowest BCUT2D eigenvalue weighted by molar-refractivity contribution is -0.129. The summed E-state index contributed by atoms with van der Waals surface area (Å²) in [4.78, 5) is 31.5. The fourth-order valence-electron chi connectivity index (χ4n) is 3.62. The molecule has 29 heavy (non-hydrogen) atoms. The zero-order valence-electron chi connectivity index (χ0n) is 16.4. The molecule has 0 bridgehead atoms. The Morgan fingerprint density at radius 3 is 2.86 bits per heavy atom. The first kappa shape index (κ1) is 19.4. The zero-order chi connectivity index (χ0) is 20.4. The fraction of sp³-hybridized carbons (Fsp3) is 0.318. The lowest BCUT2D eigenvalue weighted by Crippen LogP contribution is -2.30. The highest BCUT2D eigenvalue weighted by Gasteiger charge is 2.37. The first-order chi connectivity index (χ1) is 14.0. The van der Waals surface area contributed by atoms with Gasteiger partial charge in [0.1, 0.15) is 5.75 Å². The maximum atomic E-state index is 12.8. The molecule has 1 fully saturated rings. The number of fused-ring (bicyclic) bond motifs is 1. The van der Waals surface area contributed by atoms with Crippen LogP contribution in [0.4, 0.5) is 5.13 Å². The van der Waals surface area contributed by atoms with E-state index in [-0.39, 0.29) is 30.2 Å². The van der Waals surface area contributed by atoms with Gasteiger partial charge >= 0.3 is 0 Å². The number of thiazole rings is 1. The molecule has 150 valence electrons. The number of anilines is 1. The summed E-state index contributed by atoms with van der Waals surface area (Å²) in [5, 5.41) is 3.44. The van der Waals surface area contributed by atoms with Crippen molar-refractivity contribution in [1.82, 2.24) is 9.88 Å². The summed E-state index contributed by atoms with van der Waals surface area (Å²) in [6, 6.07) is 15.5. The predicted molar refractivity (Wildman–Crippen MR) is 114 cm³/mol. The maximum Gasteiger partial charge on any atom is 0.231 e. The maximum absolute atomic E-state index is 12.8. The normalized spacial score (nSPS) is 17.5. The molecule has 0 radical (unpaired) electrons. The fourth-order valence-corrected chi connectivity index (χ4v) is 4.51. The molecule has 1 N–H and O–H groups in total. The van der Waals surface area contributed by atoms with Crippen LogP contribution in [0.15, 0.2) is 48.5 Å². The second-order valence-corrected chi connectivity index (χ2v) is 8.14. The highest BCUT2D eigenvalue weighted by Crippen LogP contribution is 2.32. The summed E-state index contributed by atoms with van der Waals surface area (Å²) in [7, 11) is 0. The summed E-state index contributed by atoms with van der Waals surface area (Å²) < 4.78 is 6.47. The highest BCUT2D eigenvalue weighted by molar-refractivity contribution is 7.22. The molecule has 1 saturated heterocycles. The molecule has 6 nitrogen and oxygen atoms in total. The molecular formula is C22H23N3O3S. The van der Waals surface area contributed by atoms with Gasteiger partial charge in [-0.2, -0.15) is 0 Å². The Kier molecular flexibility index (Phi) is 5.49. The number of rotatable bonds is 6. The average Bonchev–Trinajstić information content (AvgIpc) is 3.31. The summed E-state index contributed by atoms with van der Waals surface area (Å²) in [6.45, 7) is 4.95. The van der Waals surface area contributed by atoms with Crippen LogP contribution < -0.4 is 10.1 Å². The zero-order valence-corrected chi connectivity index (χ0v) is 17.2. The third-order valence-corrected chi connectivity index (χ3v) is 6.11. The largest absolute Gasteiger partial charge is 0.494 e. The van der Waals surface area contributed by atoms with E-state index in [1.807, 2.05) is 62.4 Å². The van der Waals surface area contributed by atoms with Crippen LogP contribution >= 0.6 is 11.3 Å². The number of nitrogens with zero attached hydrogens (tertiary/aromatic N) is 2. The van der Waals surface area contributed by atoms with Crippen molar-refractivity contribution in [2.24, 2.45) is 5.92 Å². The van der Waals surface area contributed by atoms with Gasteiger partial charge in [-0.05, 0) is 37.6 Å². The lowest BCUT2D eigenvalue weighted by atomic mass is 10.1. The number of ether oxygens (including phenoxy) is 1. The molecule has 7 heteroatoms. The Morgan fingerprint density at radius 2 is 2.10 bits per heavy atom. The van der Waals surface area contributed by atoms with Crippen molar-refractivity contribution in [3.05, 3.63) is 54.1 Å².